The lowest BCUT2D eigenvalue weighted by Crippen LogP contribution is -2.21. The number of anilines is 1. The van der Waals surface area contributed by atoms with Gasteiger partial charge < -0.3 is 9.88 Å². The van der Waals surface area contributed by atoms with Gasteiger partial charge in [-0.05, 0) is 25.5 Å². The average molecular weight is 225 g/mol. The van der Waals surface area contributed by atoms with Gasteiger partial charge in [-0.15, -0.1) is 0 Å². The summed E-state index contributed by atoms with van der Waals surface area (Å²) in [5.74, 6) is 2.32. The van der Waals surface area contributed by atoms with Gasteiger partial charge in [-0.2, -0.15) is 11.8 Å². The summed E-state index contributed by atoms with van der Waals surface area (Å²) in [5.41, 5.74) is 1.08. The van der Waals surface area contributed by atoms with Crippen LogP contribution in [0.5, 0.6) is 0 Å². The van der Waals surface area contributed by atoms with Crippen LogP contribution in [0.3, 0.4) is 0 Å². The SMILES string of the molecule is Cc1cn(C)c(NCC2CCCCS2)n1. The van der Waals surface area contributed by atoms with E-state index in [1.165, 1.54) is 25.0 Å². The van der Waals surface area contributed by atoms with Crippen molar-refractivity contribution in [3.05, 3.63) is 11.9 Å². The Morgan fingerprint density at radius 3 is 3.07 bits per heavy atom. The van der Waals surface area contributed by atoms with Gasteiger partial charge in [0.15, 0.2) is 0 Å². The third-order valence-electron chi connectivity index (χ3n) is 2.76. The fourth-order valence-electron chi connectivity index (χ4n) is 1.95. The van der Waals surface area contributed by atoms with Crippen LogP contribution in [0.25, 0.3) is 0 Å². The summed E-state index contributed by atoms with van der Waals surface area (Å²) in [4.78, 5) is 4.44. The maximum atomic E-state index is 4.44. The van der Waals surface area contributed by atoms with Crippen LogP contribution in [-0.2, 0) is 7.05 Å². The number of aromatic nitrogens is 2. The molecule has 0 radical (unpaired) electrons. The van der Waals surface area contributed by atoms with E-state index in [1.807, 2.05) is 14.0 Å². The molecule has 1 aliphatic rings. The number of hydrogen-bond acceptors (Lipinski definition) is 3. The van der Waals surface area contributed by atoms with E-state index in [4.69, 9.17) is 0 Å². The van der Waals surface area contributed by atoms with Gasteiger partial charge in [0, 0.05) is 25.0 Å². The summed E-state index contributed by atoms with van der Waals surface area (Å²) in [6.07, 6.45) is 6.18. The summed E-state index contributed by atoms with van der Waals surface area (Å²) in [5, 5.41) is 4.21. The molecule has 1 saturated heterocycles. The third-order valence-corrected chi connectivity index (χ3v) is 4.16. The van der Waals surface area contributed by atoms with E-state index in [-0.39, 0.29) is 0 Å². The van der Waals surface area contributed by atoms with Gasteiger partial charge in [-0.1, -0.05) is 6.42 Å². The van der Waals surface area contributed by atoms with Crippen molar-refractivity contribution in [2.45, 2.75) is 31.4 Å². The average Bonchev–Trinajstić information content (AvgIpc) is 2.56. The van der Waals surface area contributed by atoms with Gasteiger partial charge in [0.05, 0.1) is 5.69 Å². The second-order valence-electron chi connectivity index (χ2n) is 4.19. The Hall–Kier alpha value is -0.640. The Labute approximate surface area is 95.7 Å². The molecular weight excluding hydrogens is 206 g/mol. The maximum absolute atomic E-state index is 4.44. The van der Waals surface area contributed by atoms with Crippen LogP contribution in [0.4, 0.5) is 5.95 Å². The molecule has 1 fully saturated rings. The lowest BCUT2D eigenvalue weighted by atomic mass is 10.2. The van der Waals surface area contributed by atoms with E-state index in [2.05, 4.69) is 32.8 Å². The van der Waals surface area contributed by atoms with E-state index >= 15 is 0 Å². The topological polar surface area (TPSA) is 29.9 Å². The first-order chi connectivity index (χ1) is 7.25. The number of imidazole rings is 1. The Bertz CT molecular complexity index is 316. The highest BCUT2D eigenvalue weighted by atomic mass is 32.2. The number of thioether (sulfide) groups is 1. The molecule has 1 aromatic rings. The van der Waals surface area contributed by atoms with Crippen LogP contribution in [0.15, 0.2) is 6.20 Å². The molecule has 0 spiro atoms. The van der Waals surface area contributed by atoms with Gasteiger partial charge in [0.1, 0.15) is 0 Å². The molecule has 2 heterocycles. The lowest BCUT2D eigenvalue weighted by molar-refractivity contribution is 0.674. The number of aryl methyl sites for hydroxylation is 2. The van der Waals surface area contributed by atoms with Crippen LogP contribution < -0.4 is 5.32 Å². The molecule has 0 amide bonds. The number of rotatable bonds is 3. The largest absolute Gasteiger partial charge is 0.355 e. The first-order valence-electron chi connectivity index (χ1n) is 5.61. The van der Waals surface area contributed by atoms with Crippen molar-refractivity contribution in [2.75, 3.05) is 17.6 Å². The molecular formula is C11H19N3S. The number of nitrogens with zero attached hydrogens (tertiary/aromatic N) is 2. The van der Waals surface area contributed by atoms with Crippen LogP contribution in [0.1, 0.15) is 25.0 Å². The van der Waals surface area contributed by atoms with Crippen LogP contribution >= 0.6 is 11.8 Å². The molecule has 1 N–H and O–H groups in total. The normalized spacial score (nSPS) is 21.6. The van der Waals surface area contributed by atoms with Gasteiger partial charge >= 0.3 is 0 Å². The minimum atomic E-state index is 0.774. The molecule has 1 unspecified atom stereocenters. The zero-order valence-electron chi connectivity index (χ0n) is 9.49. The van der Waals surface area contributed by atoms with Gasteiger partial charge in [-0.25, -0.2) is 4.98 Å². The smallest absolute Gasteiger partial charge is 0.202 e. The van der Waals surface area contributed by atoms with Gasteiger partial charge in [0.25, 0.3) is 0 Å². The van der Waals surface area contributed by atoms with Crippen molar-refractivity contribution in [2.24, 2.45) is 7.05 Å². The van der Waals surface area contributed by atoms with E-state index < -0.39 is 0 Å². The predicted molar refractivity (Wildman–Crippen MR) is 66.5 cm³/mol. The van der Waals surface area contributed by atoms with E-state index in [1.54, 1.807) is 0 Å². The summed E-state index contributed by atoms with van der Waals surface area (Å²) < 4.78 is 2.06. The summed E-state index contributed by atoms with van der Waals surface area (Å²) in [6.45, 7) is 3.08. The van der Waals surface area contributed by atoms with Crippen molar-refractivity contribution >= 4 is 17.7 Å². The molecule has 1 aliphatic heterocycles. The zero-order chi connectivity index (χ0) is 10.7. The zero-order valence-corrected chi connectivity index (χ0v) is 10.3. The summed E-state index contributed by atoms with van der Waals surface area (Å²) in [6, 6.07) is 0. The molecule has 3 nitrogen and oxygen atoms in total. The molecule has 2 rings (SSSR count). The van der Waals surface area contributed by atoms with Crippen molar-refractivity contribution < 1.29 is 0 Å². The quantitative estimate of drug-likeness (QED) is 0.857. The van der Waals surface area contributed by atoms with E-state index in [0.29, 0.717) is 0 Å². The van der Waals surface area contributed by atoms with Crippen molar-refractivity contribution in [3.8, 4) is 0 Å². The monoisotopic (exact) mass is 225 g/mol. The molecule has 0 aromatic carbocycles. The first-order valence-corrected chi connectivity index (χ1v) is 6.66. The van der Waals surface area contributed by atoms with Gasteiger partial charge in [-0.3, -0.25) is 0 Å². The van der Waals surface area contributed by atoms with Crippen LogP contribution in [-0.4, -0.2) is 27.1 Å². The minimum absolute atomic E-state index is 0.774. The fourth-order valence-corrected chi connectivity index (χ4v) is 3.19. The number of hydrogen-bond donors (Lipinski definition) is 1. The van der Waals surface area contributed by atoms with E-state index in [9.17, 15) is 0 Å². The second-order valence-corrected chi connectivity index (χ2v) is 5.59. The Kier molecular flexibility index (Phi) is 3.57. The Morgan fingerprint density at radius 1 is 1.60 bits per heavy atom. The van der Waals surface area contributed by atoms with Crippen molar-refractivity contribution in [1.29, 1.82) is 0 Å². The molecule has 1 aromatic heterocycles. The molecule has 0 aliphatic carbocycles. The Balaban J connectivity index is 1.84. The maximum Gasteiger partial charge on any atom is 0.202 e. The fraction of sp³-hybridized carbons (Fsp3) is 0.727. The van der Waals surface area contributed by atoms with E-state index in [0.717, 1.165) is 23.4 Å². The minimum Gasteiger partial charge on any atom is -0.355 e. The summed E-state index contributed by atoms with van der Waals surface area (Å²) >= 11 is 2.10. The highest BCUT2D eigenvalue weighted by Gasteiger charge is 2.14. The first kappa shape index (κ1) is 10.9. The second kappa shape index (κ2) is 4.92. The molecule has 0 saturated carbocycles. The predicted octanol–water partition coefficient (Wildman–Crippen LogP) is 2.43. The lowest BCUT2D eigenvalue weighted by Gasteiger charge is -2.21. The highest BCUT2D eigenvalue weighted by molar-refractivity contribution is 7.99. The summed E-state index contributed by atoms with van der Waals surface area (Å²) in [7, 11) is 2.04. The van der Waals surface area contributed by atoms with Crippen LogP contribution in [0, 0.1) is 6.92 Å². The Morgan fingerprint density at radius 2 is 2.47 bits per heavy atom. The van der Waals surface area contributed by atoms with Crippen molar-refractivity contribution in [3.63, 3.8) is 0 Å². The standard InChI is InChI=1S/C11H19N3S/c1-9-8-14(2)11(13-9)12-7-10-5-3-4-6-15-10/h8,10H,3-7H2,1-2H3,(H,12,13). The molecule has 1 atom stereocenters. The van der Waals surface area contributed by atoms with Crippen LogP contribution in [0.2, 0.25) is 0 Å². The van der Waals surface area contributed by atoms with Gasteiger partial charge in [0.2, 0.25) is 5.95 Å². The number of nitrogens with one attached hydrogen (secondary N) is 1. The molecule has 4 heteroatoms. The third kappa shape index (κ3) is 2.91. The highest BCUT2D eigenvalue weighted by Crippen LogP contribution is 2.25. The molecule has 84 valence electrons. The molecule has 0 bridgehead atoms. The van der Waals surface area contributed by atoms with Crippen molar-refractivity contribution in [1.82, 2.24) is 9.55 Å². The molecule has 15 heavy (non-hydrogen) atoms.